The fraction of sp³-hybridized carbons (Fsp3) is 0.241. The van der Waals surface area contributed by atoms with E-state index in [-0.39, 0.29) is 98.3 Å². The number of hydrogen-bond acceptors (Lipinski definition) is 2. The Balaban J connectivity index is 0.00000114. The van der Waals surface area contributed by atoms with E-state index < -0.39 is 0 Å². The van der Waals surface area contributed by atoms with E-state index in [2.05, 4.69) is 45.0 Å². The van der Waals surface area contributed by atoms with E-state index >= 15 is 0 Å². The van der Waals surface area contributed by atoms with Crippen LogP contribution in [0.5, 0.6) is 0 Å². The zero-order valence-electron chi connectivity index (χ0n) is 20.9. The number of imide groups is 1. The number of carbonyl (C=O) groups excluding carboxylic acids is 2. The Morgan fingerprint density at radius 3 is 1.89 bits per heavy atom. The molecule has 5 aromatic carbocycles. The summed E-state index contributed by atoms with van der Waals surface area (Å²) in [6, 6.07) is 12.9. The summed E-state index contributed by atoms with van der Waals surface area (Å²) < 4.78 is 0. The number of fused-ring (bicyclic) bond motifs is 2. The molecule has 2 amide bonds. The van der Waals surface area contributed by atoms with Crippen molar-refractivity contribution in [2.45, 2.75) is 41.5 Å². The number of amides is 2. The predicted molar refractivity (Wildman–Crippen MR) is 129 cm³/mol. The van der Waals surface area contributed by atoms with Crippen LogP contribution in [0.25, 0.3) is 43.1 Å². The van der Waals surface area contributed by atoms with Gasteiger partial charge in [0.05, 0.1) is 0 Å². The van der Waals surface area contributed by atoms with E-state index in [4.69, 9.17) is 0 Å². The van der Waals surface area contributed by atoms with Crippen LogP contribution in [0.2, 0.25) is 0 Å². The molecule has 35 heavy (non-hydrogen) atoms. The molecule has 0 N–H and O–H groups in total. The van der Waals surface area contributed by atoms with E-state index in [1.54, 1.807) is 7.05 Å². The van der Waals surface area contributed by atoms with Crippen LogP contribution in [0.4, 0.5) is 0 Å². The number of carbonyl (C=O) groups is 2. The van der Waals surface area contributed by atoms with E-state index in [1.165, 1.54) is 16.0 Å². The molecule has 0 bridgehead atoms. The van der Waals surface area contributed by atoms with Crippen molar-refractivity contribution in [3.63, 3.8) is 0 Å². The van der Waals surface area contributed by atoms with E-state index in [1.807, 2.05) is 20.8 Å². The van der Waals surface area contributed by atoms with Crippen LogP contribution >= 0.6 is 0 Å². The zero-order valence-corrected chi connectivity index (χ0v) is 29.5. The van der Waals surface area contributed by atoms with Crippen molar-refractivity contribution in [1.29, 1.82) is 0 Å². The SMILES string of the molecule is Cc1[c-]c2cc(C)c(C)c3c4[c-]c(C)c5c6c(c(C)c(C)c(c([c-]1)c23)c64)C(=O)N(C)C5=O.[W].[Y].[Y]. The second kappa shape index (κ2) is 9.63. The quantitative estimate of drug-likeness (QED) is 0.0813. The molecule has 0 aliphatic carbocycles. The van der Waals surface area contributed by atoms with Crippen molar-refractivity contribution in [2.75, 3.05) is 7.05 Å². The van der Waals surface area contributed by atoms with Crippen LogP contribution in [0.15, 0.2) is 6.07 Å². The van der Waals surface area contributed by atoms with Crippen LogP contribution in [0.1, 0.15) is 54.1 Å². The number of rotatable bonds is 0. The summed E-state index contributed by atoms with van der Waals surface area (Å²) in [6.07, 6.45) is 0. The minimum atomic E-state index is -0.254. The van der Waals surface area contributed by atoms with Crippen LogP contribution in [-0.2, 0) is 86.5 Å². The Labute approximate surface area is 270 Å². The van der Waals surface area contributed by atoms with Gasteiger partial charge in [-0.1, -0.05) is 49.4 Å². The van der Waals surface area contributed by atoms with Gasteiger partial charge in [-0.15, -0.1) is 22.8 Å². The fourth-order valence-electron chi connectivity index (χ4n) is 5.72. The smallest absolute Gasteiger partial charge is 0.259 e. The molecule has 5 aromatic rings. The standard InChI is InChI=1S/C29H22NO2.W.2Y/c1-12-8-18-10-13(2)15(4)22-20-11-14(3)21-27-24(29(32)30(7)28(21)31)17(6)16(5)23(26(20)27)19(9-12)25(18)22;;;/h10H,1-7H3;;;/q-3;;;. The molecule has 0 spiro atoms. The Kier molecular flexibility index (Phi) is 7.98. The molecule has 0 fully saturated rings. The summed E-state index contributed by atoms with van der Waals surface area (Å²) in [4.78, 5) is 27.8. The Morgan fingerprint density at radius 2 is 1.23 bits per heavy atom. The first-order chi connectivity index (χ1) is 15.1. The first-order valence-corrected chi connectivity index (χ1v) is 10.9. The molecule has 1 aliphatic heterocycles. The average Bonchev–Trinajstić information content (AvgIpc) is 2.73. The first-order valence-electron chi connectivity index (χ1n) is 10.9. The van der Waals surface area contributed by atoms with Gasteiger partial charge in [0.15, 0.2) is 0 Å². The van der Waals surface area contributed by atoms with E-state index in [0.717, 1.165) is 65.3 Å². The summed E-state index contributed by atoms with van der Waals surface area (Å²) >= 11 is 0. The Bertz CT molecular complexity index is 1740. The maximum absolute atomic E-state index is 13.3. The third kappa shape index (κ3) is 3.63. The fourth-order valence-corrected chi connectivity index (χ4v) is 5.72. The molecule has 2 radical (unpaired) electrons. The van der Waals surface area contributed by atoms with Gasteiger partial charge in [-0.05, 0) is 25.0 Å². The van der Waals surface area contributed by atoms with Gasteiger partial charge in [0.25, 0.3) is 5.91 Å². The molecule has 0 atom stereocenters. The number of benzene rings is 5. The van der Waals surface area contributed by atoms with Crippen molar-refractivity contribution < 1.29 is 96.1 Å². The monoisotopic (exact) mass is 778 g/mol. The molecule has 0 saturated carbocycles. The summed E-state index contributed by atoms with van der Waals surface area (Å²) in [5.41, 5.74) is 7.32. The van der Waals surface area contributed by atoms with Crippen molar-refractivity contribution in [3.8, 4) is 0 Å². The zero-order chi connectivity index (χ0) is 22.8. The Hall–Kier alpha value is -0.564. The largest absolute Gasteiger partial charge is 0.286 e. The summed E-state index contributed by atoms with van der Waals surface area (Å²) in [5, 5.41) is 8.16. The molecule has 6 rings (SSSR count). The van der Waals surface area contributed by atoms with Gasteiger partial charge in [0, 0.05) is 99.1 Å². The van der Waals surface area contributed by atoms with E-state index in [9.17, 15) is 9.59 Å². The van der Waals surface area contributed by atoms with Gasteiger partial charge in [0.2, 0.25) is 5.91 Å². The molecule has 1 heterocycles. The minimum absolute atomic E-state index is 0. The maximum atomic E-state index is 13.3. The third-order valence-electron chi connectivity index (χ3n) is 7.52. The number of hydrogen-bond donors (Lipinski definition) is 0. The molecule has 0 aromatic heterocycles. The van der Waals surface area contributed by atoms with Gasteiger partial charge >= 0.3 is 0 Å². The number of aryl methyl sites for hydroxylation is 5. The van der Waals surface area contributed by atoms with Crippen molar-refractivity contribution in [3.05, 3.63) is 68.8 Å². The molecular formula is C29H22NO2WY2-3. The van der Waals surface area contributed by atoms with Crippen molar-refractivity contribution in [1.82, 2.24) is 4.90 Å². The second-order valence-corrected chi connectivity index (χ2v) is 9.29. The number of nitrogens with zero attached hydrogens (tertiary/aromatic N) is 1. The van der Waals surface area contributed by atoms with Gasteiger partial charge in [-0.25, -0.2) is 22.4 Å². The second-order valence-electron chi connectivity index (χ2n) is 9.29. The summed E-state index contributed by atoms with van der Waals surface area (Å²) in [5.74, 6) is -0.486. The molecule has 0 saturated heterocycles. The van der Waals surface area contributed by atoms with Gasteiger partial charge in [0.1, 0.15) is 0 Å². The predicted octanol–water partition coefficient (Wildman–Crippen LogP) is 6.21. The van der Waals surface area contributed by atoms with Crippen LogP contribution in [0, 0.1) is 59.7 Å². The van der Waals surface area contributed by atoms with E-state index in [0.29, 0.717) is 11.1 Å². The molecule has 0 unspecified atom stereocenters. The molecule has 1 aliphatic rings. The average molecular weight is 778 g/mol. The molecular weight excluding hydrogens is 756 g/mol. The first kappa shape index (κ1) is 29.0. The van der Waals surface area contributed by atoms with Crippen LogP contribution in [0.3, 0.4) is 0 Å². The Morgan fingerprint density at radius 1 is 0.657 bits per heavy atom. The summed E-state index contributed by atoms with van der Waals surface area (Å²) in [6.45, 7) is 12.3. The van der Waals surface area contributed by atoms with Crippen molar-refractivity contribution in [2.24, 2.45) is 0 Å². The van der Waals surface area contributed by atoms with Gasteiger partial charge < -0.3 is 0 Å². The molecule has 170 valence electrons. The molecule has 3 nitrogen and oxygen atoms in total. The van der Waals surface area contributed by atoms with Gasteiger partial charge in [-0.2, -0.15) is 10.8 Å². The topological polar surface area (TPSA) is 37.4 Å². The van der Waals surface area contributed by atoms with Crippen LogP contribution in [-0.4, -0.2) is 23.8 Å². The van der Waals surface area contributed by atoms with Gasteiger partial charge in [-0.3, -0.25) is 32.0 Å². The maximum Gasteiger partial charge on any atom is 0.259 e. The minimum Gasteiger partial charge on any atom is -0.286 e. The normalized spacial score (nSPS) is 12.9. The van der Waals surface area contributed by atoms with Crippen LogP contribution < -0.4 is 0 Å². The van der Waals surface area contributed by atoms with Crippen molar-refractivity contribution >= 4 is 54.9 Å². The summed E-state index contributed by atoms with van der Waals surface area (Å²) in [7, 11) is 1.57. The molecule has 6 heteroatoms. The third-order valence-corrected chi connectivity index (χ3v) is 7.52.